The number of anilines is 1. The van der Waals surface area contributed by atoms with Crippen LogP contribution in [0.15, 0.2) is 45.3 Å². The van der Waals surface area contributed by atoms with E-state index in [4.69, 9.17) is 4.74 Å². The van der Waals surface area contributed by atoms with E-state index in [2.05, 4.69) is 37.2 Å². The van der Waals surface area contributed by atoms with Gasteiger partial charge in [-0.3, -0.25) is 4.79 Å². The minimum Gasteiger partial charge on any atom is -0.504 e. The van der Waals surface area contributed by atoms with E-state index in [9.17, 15) is 9.90 Å². The largest absolute Gasteiger partial charge is 0.504 e. The molecule has 2 aromatic rings. The topological polar surface area (TPSA) is 58.6 Å². The molecule has 1 amide bonds. The van der Waals surface area contributed by atoms with Crippen molar-refractivity contribution in [3.05, 3.63) is 50.9 Å². The van der Waals surface area contributed by atoms with Gasteiger partial charge in [0.15, 0.2) is 11.5 Å². The Hall–Kier alpha value is -1.53. The Morgan fingerprint density at radius 1 is 1.15 bits per heavy atom. The number of phenolic OH excluding ortho intramolecular Hbond substituents is 1. The molecule has 6 heteroatoms. The summed E-state index contributed by atoms with van der Waals surface area (Å²) in [4.78, 5) is 12.1. The van der Waals surface area contributed by atoms with Crippen molar-refractivity contribution in [1.82, 2.24) is 0 Å². The van der Waals surface area contributed by atoms with E-state index in [0.717, 1.165) is 8.95 Å². The first-order chi connectivity index (χ1) is 9.49. The highest BCUT2D eigenvalue weighted by Crippen LogP contribution is 2.29. The molecule has 0 bridgehead atoms. The minimum absolute atomic E-state index is 0.0271. The van der Waals surface area contributed by atoms with Gasteiger partial charge in [-0.05, 0) is 30.3 Å². The van der Waals surface area contributed by atoms with Crippen LogP contribution < -0.4 is 10.1 Å². The lowest BCUT2D eigenvalue weighted by atomic mass is 10.2. The fraction of sp³-hybridized carbons (Fsp3) is 0.0714. The fourth-order valence-corrected chi connectivity index (χ4v) is 2.95. The number of ether oxygens (including phenoxy) is 1. The van der Waals surface area contributed by atoms with E-state index < -0.39 is 0 Å². The maximum Gasteiger partial charge on any atom is 0.255 e. The van der Waals surface area contributed by atoms with Crippen LogP contribution in [0.3, 0.4) is 0 Å². The maximum absolute atomic E-state index is 12.1. The lowest BCUT2D eigenvalue weighted by Gasteiger charge is -2.08. The van der Waals surface area contributed by atoms with Gasteiger partial charge in [-0.2, -0.15) is 0 Å². The summed E-state index contributed by atoms with van der Waals surface area (Å²) < 4.78 is 6.55. The number of aromatic hydroxyl groups is 1. The van der Waals surface area contributed by atoms with Crippen molar-refractivity contribution in [3.8, 4) is 11.5 Å². The quantitative estimate of drug-likeness (QED) is 0.812. The first-order valence-corrected chi connectivity index (χ1v) is 7.22. The van der Waals surface area contributed by atoms with Gasteiger partial charge in [-0.25, -0.2) is 0 Å². The summed E-state index contributed by atoms with van der Waals surface area (Å²) in [5, 5.41) is 12.4. The molecule has 0 spiro atoms. The van der Waals surface area contributed by atoms with Crippen LogP contribution in [0, 0.1) is 0 Å². The average Bonchev–Trinajstić information content (AvgIpc) is 2.37. The Morgan fingerprint density at radius 3 is 2.35 bits per heavy atom. The number of carbonyl (C=O) groups excluding carboxylic acids is 1. The summed E-state index contributed by atoms with van der Waals surface area (Å²) in [7, 11) is 1.46. The van der Waals surface area contributed by atoms with Crippen LogP contribution in [0.5, 0.6) is 11.5 Å². The number of rotatable bonds is 3. The molecule has 0 saturated carbocycles. The van der Waals surface area contributed by atoms with Crippen molar-refractivity contribution in [2.75, 3.05) is 12.4 Å². The zero-order chi connectivity index (χ0) is 14.7. The number of amides is 1. The van der Waals surface area contributed by atoms with Crippen molar-refractivity contribution < 1.29 is 14.6 Å². The van der Waals surface area contributed by atoms with E-state index in [1.807, 2.05) is 6.07 Å². The van der Waals surface area contributed by atoms with Gasteiger partial charge in [0.1, 0.15) is 0 Å². The molecule has 0 saturated heterocycles. The Kier molecular flexibility index (Phi) is 4.67. The highest BCUT2D eigenvalue weighted by molar-refractivity contribution is 9.11. The number of methoxy groups -OCH3 is 1. The third kappa shape index (κ3) is 3.52. The SMILES string of the molecule is COc1ccc(NC(=O)c2cc(Br)cc(Br)c2)cc1O. The van der Waals surface area contributed by atoms with Crippen LogP contribution in [0.1, 0.15) is 10.4 Å². The summed E-state index contributed by atoms with van der Waals surface area (Å²) >= 11 is 6.66. The van der Waals surface area contributed by atoms with Gasteiger partial charge in [0, 0.05) is 26.3 Å². The van der Waals surface area contributed by atoms with Gasteiger partial charge < -0.3 is 15.2 Å². The van der Waals surface area contributed by atoms with E-state index in [-0.39, 0.29) is 11.7 Å². The molecule has 0 unspecified atom stereocenters. The average molecular weight is 401 g/mol. The standard InChI is InChI=1S/C14H11Br2NO3/c1-20-13-3-2-11(7-12(13)18)17-14(19)8-4-9(15)6-10(16)5-8/h2-7,18H,1H3,(H,17,19). The maximum atomic E-state index is 12.1. The van der Waals surface area contributed by atoms with Gasteiger partial charge in [0.05, 0.1) is 7.11 Å². The van der Waals surface area contributed by atoms with Crippen LogP contribution in [0.25, 0.3) is 0 Å². The highest BCUT2D eigenvalue weighted by Gasteiger charge is 2.09. The molecule has 20 heavy (non-hydrogen) atoms. The van der Waals surface area contributed by atoms with Crippen molar-refractivity contribution in [1.29, 1.82) is 0 Å². The Morgan fingerprint density at radius 2 is 1.80 bits per heavy atom. The minimum atomic E-state index is -0.267. The second kappa shape index (κ2) is 6.28. The molecule has 0 aliphatic carbocycles. The number of hydrogen-bond acceptors (Lipinski definition) is 3. The molecule has 2 N–H and O–H groups in total. The molecule has 104 valence electrons. The first-order valence-electron chi connectivity index (χ1n) is 5.64. The van der Waals surface area contributed by atoms with Crippen LogP contribution in [0.2, 0.25) is 0 Å². The van der Waals surface area contributed by atoms with Crippen molar-refractivity contribution in [3.63, 3.8) is 0 Å². The van der Waals surface area contributed by atoms with Gasteiger partial charge in [0.25, 0.3) is 5.91 Å². The summed E-state index contributed by atoms with van der Waals surface area (Å²) in [5.41, 5.74) is 0.992. The second-order valence-corrected chi connectivity index (χ2v) is 5.83. The lowest BCUT2D eigenvalue weighted by Crippen LogP contribution is -2.11. The number of nitrogens with one attached hydrogen (secondary N) is 1. The monoisotopic (exact) mass is 399 g/mol. The molecule has 0 heterocycles. The third-order valence-corrected chi connectivity index (χ3v) is 3.48. The second-order valence-electron chi connectivity index (χ2n) is 4.00. The predicted octanol–water partition coefficient (Wildman–Crippen LogP) is 4.18. The van der Waals surface area contributed by atoms with E-state index >= 15 is 0 Å². The normalized spacial score (nSPS) is 10.2. The number of benzene rings is 2. The molecule has 2 aromatic carbocycles. The highest BCUT2D eigenvalue weighted by atomic mass is 79.9. The zero-order valence-corrected chi connectivity index (χ0v) is 13.7. The summed E-state index contributed by atoms with van der Waals surface area (Å²) in [6, 6.07) is 9.94. The Bertz CT molecular complexity index is 639. The van der Waals surface area contributed by atoms with E-state index in [0.29, 0.717) is 17.0 Å². The molecule has 4 nitrogen and oxygen atoms in total. The zero-order valence-electron chi connectivity index (χ0n) is 10.5. The van der Waals surface area contributed by atoms with Crippen molar-refractivity contribution in [2.45, 2.75) is 0 Å². The Labute approximate surface area is 133 Å². The van der Waals surface area contributed by atoms with Crippen LogP contribution in [-0.2, 0) is 0 Å². The van der Waals surface area contributed by atoms with Crippen molar-refractivity contribution in [2.24, 2.45) is 0 Å². The molecule has 2 rings (SSSR count). The lowest BCUT2D eigenvalue weighted by molar-refractivity contribution is 0.102. The first kappa shape index (κ1) is 14.9. The summed E-state index contributed by atoms with van der Waals surface area (Å²) in [6.45, 7) is 0. The molecule has 0 aliphatic rings. The molecule has 0 aromatic heterocycles. The molecule has 0 aliphatic heterocycles. The van der Waals surface area contributed by atoms with Crippen LogP contribution >= 0.6 is 31.9 Å². The van der Waals surface area contributed by atoms with Gasteiger partial charge in [-0.1, -0.05) is 31.9 Å². The van der Waals surface area contributed by atoms with E-state index in [1.165, 1.54) is 13.2 Å². The van der Waals surface area contributed by atoms with Crippen LogP contribution in [-0.4, -0.2) is 18.1 Å². The van der Waals surface area contributed by atoms with Gasteiger partial charge in [-0.15, -0.1) is 0 Å². The molecule has 0 atom stereocenters. The molecular formula is C14H11Br2NO3. The smallest absolute Gasteiger partial charge is 0.255 e. The number of carbonyl (C=O) groups is 1. The fourth-order valence-electron chi connectivity index (χ4n) is 1.66. The van der Waals surface area contributed by atoms with E-state index in [1.54, 1.807) is 24.3 Å². The van der Waals surface area contributed by atoms with Gasteiger partial charge in [0.2, 0.25) is 0 Å². The predicted molar refractivity (Wildman–Crippen MR) is 84.5 cm³/mol. The number of phenols is 1. The summed E-state index contributed by atoms with van der Waals surface area (Å²) in [5.74, 6) is 0.0606. The number of halogens is 2. The molecular weight excluding hydrogens is 390 g/mol. The molecule has 0 fully saturated rings. The third-order valence-electron chi connectivity index (χ3n) is 2.56. The number of hydrogen-bond donors (Lipinski definition) is 2. The van der Waals surface area contributed by atoms with Crippen LogP contribution in [0.4, 0.5) is 5.69 Å². The van der Waals surface area contributed by atoms with Crippen molar-refractivity contribution >= 4 is 43.5 Å². The van der Waals surface area contributed by atoms with Gasteiger partial charge >= 0.3 is 0 Å². The molecule has 0 radical (unpaired) electrons. The Balaban J connectivity index is 2.21. The summed E-state index contributed by atoms with van der Waals surface area (Å²) in [6.07, 6.45) is 0.